The second-order valence-corrected chi connectivity index (χ2v) is 6.12. The number of amides is 1. The van der Waals surface area contributed by atoms with Crippen molar-refractivity contribution in [3.05, 3.63) is 24.0 Å². The van der Waals surface area contributed by atoms with Crippen LogP contribution < -0.4 is 11.3 Å². The van der Waals surface area contributed by atoms with Gasteiger partial charge in [-0.25, -0.2) is 0 Å². The lowest BCUT2D eigenvalue weighted by Crippen LogP contribution is -2.54. The molecule has 1 aliphatic carbocycles. The molecule has 2 aliphatic rings. The lowest BCUT2D eigenvalue weighted by Gasteiger charge is -2.47. The van der Waals surface area contributed by atoms with Gasteiger partial charge in [-0.05, 0) is 31.4 Å². The molecule has 2 unspecified atom stereocenters. The molecule has 2 atom stereocenters. The Hall–Kier alpha value is -1.66. The number of carbonyl (C=O) groups is 1. The first-order valence-corrected chi connectivity index (χ1v) is 7.57. The van der Waals surface area contributed by atoms with Gasteiger partial charge in [-0.2, -0.15) is 0 Å². The number of likely N-dealkylation sites (tertiary alicyclic amines) is 1. The summed E-state index contributed by atoms with van der Waals surface area (Å²) >= 11 is 0. The van der Waals surface area contributed by atoms with Crippen molar-refractivity contribution in [2.75, 3.05) is 18.5 Å². The minimum atomic E-state index is -0.566. The smallest absolute Gasteiger partial charge is 0.272 e. The Balaban J connectivity index is 1.74. The molecule has 0 radical (unpaired) electrons. The lowest BCUT2D eigenvalue weighted by molar-refractivity contribution is -0.0886. The third-order valence-electron chi connectivity index (χ3n) is 4.86. The fourth-order valence-electron chi connectivity index (χ4n) is 3.55. The van der Waals surface area contributed by atoms with E-state index in [-0.39, 0.29) is 11.8 Å². The van der Waals surface area contributed by atoms with Gasteiger partial charge in [0.25, 0.3) is 5.91 Å². The number of nitrogens with two attached hydrogens (primary N) is 1. The molecule has 2 fully saturated rings. The maximum absolute atomic E-state index is 12.6. The average Bonchev–Trinajstić information content (AvgIpc) is 2.53. The number of hydrogen-bond acceptors (Lipinski definition) is 5. The maximum Gasteiger partial charge on any atom is 0.272 e. The summed E-state index contributed by atoms with van der Waals surface area (Å²) in [5, 5.41) is 10.7. The molecule has 1 amide bonds. The first-order valence-electron chi connectivity index (χ1n) is 7.57. The van der Waals surface area contributed by atoms with E-state index in [0.717, 1.165) is 25.7 Å². The highest BCUT2D eigenvalue weighted by Gasteiger charge is 2.43. The Morgan fingerprint density at radius 2 is 2.33 bits per heavy atom. The Labute approximate surface area is 124 Å². The van der Waals surface area contributed by atoms with E-state index < -0.39 is 5.60 Å². The van der Waals surface area contributed by atoms with Crippen LogP contribution in [0.15, 0.2) is 18.3 Å². The number of pyridine rings is 1. The van der Waals surface area contributed by atoms with E-state index in [4.69, 9.17) is 5.84 Å². The number of carbonyl (C=O) groups excluding carboxylic acids is 1. The van der Waals surface area contributed by atoms with Crippen LogP contribution in [0, 0.1) is 5.92 Å². The predicted molar refractivity (Wildman–Crippen MR) is 79.5 cm³/mol. The van der Waals surface area contributed by atoms with E-state index in [0.29, 0.717) is 30.9 Å². The Morgan fingerprint density at radius 3 is 3.14 bits per heavy atom. The van der Waals surface area contributed by atoms with Crippen molar-refractivity contribution in [1.29, 1.82) is 0 Å². The Kier molecular flexibility index (Phi) is 3.82. The topological polar surface area (TPSA) is 91.5 Å². The molecule has 1 aromatic heterocycles. The fraction of sp³-hybridized carbons (Fsp3) is 0.600. The highest BCUT2D eigenvalue weighted by molar-refractivity contribution is 5.93. The first kappa shape index (κ1) is 14.3. The highest BCUT2D eigenvalue weighted by Crippen LogP contribution is 2.39. The van der Waals surface area contributed by atoms with Crippen molar-refractivity contribution in [1.82, 2.24) is 9.88 Å². The maximum atomic E-state index is 12.6. The van der Waals surface area contributed by atoms with Crippen molar-refractivity contribution >= 4 is 11.6 Å². The Morgan fingerprint density at radius 1 is 1.48 bits per heavy atom. The van der Waals surface area contributed by atoms with Gasteiger partial charge >= 0.3 is 0 Å². The SMILES string of the molecule is NNc1ccnc(C(=O)N2CCC3(O)CCCCC3C2)c1. The molecule has 6 nitrogen and oxygen atoms in total. The number of nitrogens with zero attached hydrogens (tertiary/aromatic N) is 2. The molecule has 2 heterocycles. The van der Waals surface area contributed by atoms with Crippen LogP contribution in [-0.4, -0.2) is 39.6 Å². The van der Waals surface area contributed by atoms with E-state index in [2.05, 4.69) is 10.4 Å². The number of hydrogen-bond donors (Lipinski definition) is 3. The van der Waals surface area contributed by atoms with Crippen molar-refractivity contribution in [3.63, 3.8) is 0 Å². The van der Waals surface area contributed by atoms with Crippen LogP contribution >= 0.6 is 0 Å². The normalized spacial score (nSPS) is 28.9. The second-order valence-electron chi connectivity index (χ2n) is 6.12. The summed E-state index contributed by atoms with van der Waals surface area (Å²) in [5.41, 5.74) is 3.02. The van der Waals surface area contributed by atoms with Crippen LogP contribution in [0.3, 0.4) is 0 Å². The van der Waals surface area contributed by atoms with Gasteiger partial charge < -0.3 is 15.4 Å². The summed E-state index contributed by atoms with van der Waals surface area (Å²) in [4.78, 5) is 18.5. The standard InChI is InChI=1S/C15H22N4O2/c16-18-12-4-7-17-13(9-12)14(20)19-8-6-15(21)5-2-1-3-11(15)10-19/h4,7,9,11,21H,1-3,5-6,8,10,16H2,(H,17,18). The molecule has 1 aromatic rings. The van der Waals surface area contributed by atoms with Gasteiger partial charge in [-0.15, -0.1) is 0 Å². The van der Waals surface area contributed by atoms with Crippen LogP contribution in [-0.2, 0) is 0 Å². The number of hydrazine groups is 1. The van der Waals surface area contributed by atoms with Crippen LogP contribution in [0.1, 0.15) is 42.6 Å². The summed E-state index contributed by atoms with van der Waals surface area (Å²) < 4.78 is 0. The minimum Gasteiger partial charge on any atom is -0.389 e. The summed E-state index contributed by atoms with van der Waals surface area (Å²) in [7, 11) is 0. The van der Waals surface area contributed by atoms with Crippen LogP contribution in [0.5, 0.6) is 0 Å². The van der Waals surface area contributed by atoms with Crippen LogP contribution in [0.4, 0.5) is 5.69 Å². The average molecular weight is 290 g/mol. The molecular weight excluding hydrogens is 268 g/mol. The zero-order valence-corrected chi connectivity index (χ0v) is 12.1. The molecule has 1 saturated heterocycles. The molecule has 21 heavy (non-hydrogen) atoms. The zero-order chi connectivity index (χ0) is 14.9. The van der Waals surface area contributed by atoms with Crippen LogP contribution in [0.2, 0.25) is 0 Å². The largest absolute Gasteiger partial charge is 0.389 e. The molecule has 1 aliphatic heterocycles. The molecule has 0 bridgehead atoms. The third kappa shape index (κ3) is 2.73. The van der Waals surface area contributed by atoms with Crippen molar-refractivity contribution < 1.29 is 9.90 Å². The second kappa shape index (κ2) is 5.61. The van der Waals surface area contributed by atoms with Gasteiger partial charge in [0.1, 0.15) is 5.69 Å². The molecular formula is C15H22N4O2. The number of nitrogen functional groups attached to an aromatic ring is 1. The van der Waals surface area contributed by atoms with Gasteiger partial charge in [0.05, 0.1) is 11.3 Å². The first-order chi connectivity index (χ1) is 10.1. The van der Waals surface area contributed by atoms with Crippen molar-refractivity contribution in [3.8, 4) is 0 Å². The third-order valence-corrected chi connectivity index (χ3v) is 4.86. The molecule has 4 N–H and O–H groups in total. The Bertz CT molecular complexity index is 536. The predicted octanol–water partition coefficient (Wildman–Crippen LogP) is 1.13. The number of aliphatic hydroxyl groups is 1. The monoisotopic (exact) mass is 290 g/mol. The fourth-order valence-corrected chi connectivity index (χ4v) is 3.55. The van der Waals surface area contributed by atoms with Crippen molar-refractivity contribution in [2.45, 2.75) is 37.7 Å². The molecule has 1 saturated carbocycles. The number of piperidine rings is 1. The van der Waals surface area contributed by atoms with E-state index in [1.807, 2.05) is 4.90 Å². The summed E-state index contributed by atoms with van der Waals surface area (Å²) in [6.45, 7) is 1.21. The van der Waals surface area contributed by atoms with Gasteiger partial charge in [-0.1, -0.05) is 12.8 Å². The van der Waals surface area contributed by atoms with E-state index in [1.54, 1.807) is 18.3 Å². The number of nitrogens with one attached hydrogen (secondary N) is 1. The summed E-state index contributed by atoms with van der Waals surface area (Å²) in [6, 6.07) is 3.37. The van der Waals surface area contributed by atoms with E-state index in [1.165, 1.54) is 0 Å². The molecule has 0 aromatic carbocycles. The van der Waals surface area contributed by atoms with Gasteiger partial charge in [-0.3, -0.25) is 15.6 Å². The lowest BCUT2D eigenvalue weighted by atomic mass is 9.71. The minimum absolute atomic E-state index is 0.0836. The van der Waals surface area contributed by atoms with E-state index >= 15 is 0 Å². The number of rotatable bonds is 2. The zero-order valence-electron chi connectivity index (χ0n) is 12.1. The molecule has 114 valence electrons. The van der Waals surface area contributed by atoms with Gasteiger partial charge in [0.2, 0.25) is 0 Å². The quantitative estimate of drug-likeness (QED) is 0.561. The summed E-state index contributed by atoms with van der Waals surface area (Å²) in [5.74, 6) is 5.48. The van der Waals surface area contributed by atoms with Crippen LogP contribution in [0.25, 0.3) is 0 Å². The molecule has 6 heteroatoms. The highest BCUT2D eigenvalue weighted by atomic mass is 16.3. The number of anilines is 1. The number of fused-ring (bicyclic) bond motifs is 1. The van der Waals surface area contributed by atoms with E-state index in [9.17, 15) is 9.90 Å². The summed E-state index contributed by atoms with van der Waals surface area (Å²) in [6.07, 6.45) is 6.33. The van der Waals surface area contributed by atoms with Gasteiger partial charge in [0, 0.05) is 25.2 Å². The molecule has 3 rings (SSSR count). The van der Waals surface area contributed by atoms with Gasteiger partial charge in [0.15, 0.2) is 0 Å². The number of aromatic nitrogens is 1. The molecule has 0 spiro atoms. The van der Waals surface area contributed by atoms with Crippen molar-refractivity contribution in [2.24, 2.45) is 11.8 Å².